The summed E-state index contributed by atoms with van der Waals surface area (Å²) in [6, 6.07) is 5.94. The summed E-state index contributed by atoms with van der Waals surface area (Å²) >= 11 is 7.98. The summed E-state index contributed by atoms with van der Waals surface area (Å²) in [7, 11) is 0. The van der Waals surface area contributed by atoms with E-state index in [2.05, 4.69) is 30.4 Å². The lowest BCUT2D eigenvalue weighted by atomic mass is 10.1. The van der Waals surface area contributed by atoms with Gasteiger partial charge in [-0.05, 0) is 36.6 Å². The van der Waals surface area contributed by atoms with Gasteiger partial charge in [0.1, 0.15) is 18.3 Å². The van der Waals surface area contributed by atoms with Crippen molar-refractivity contribution in [1.29, 1.82) is 0 Å². The van der Waals surface area contributed by atoms with Crippen molar-refractivity contribution >= 4 is 40.3 Å². The number of fused-ring (bicyclic) bond motifs is 1. The number of thioether (sulfide) groups is 1. The normalized spacial score (nSPS) is 26.8. The maximum absolute atomic E-state index is 10.4. The minimum atomic E-state index is -1.25. The van der Waals surface area contributed by atoms with Crippen LogP contribution in [0, 0.1) is 0 Å². The molecule has 0 saturated carbocycles. The fourth-order valence-corrected chi connectivity index (χ4v) is 5.32. The smallest absolute Gasteiger partial charge is 0.226 e. The fraction of sp³-hybridized carbons (Fsp3) is 0.500. The third kappa shape index (κ3) is 4.64. The van der Waals surface area contributed by atoms with Crippen LogP contribution >= 0.6 is 23.4 Å². The molecule has 4 N–H and O–H groups in total. The van der Waals surface area contributed by atoms with Crippen molar-refractivity contribution in [1.82, 2.24) is 29.5 Å². The predicted octanol–water partition coefficient (Wildman–Crippen LogP) is 1.07. The summed E-state index contributed by atoms with van der Waals surface area (Å²) in [6.07, 6.45) is 0.890. The van der Waals surface area contributed by atoms with Gasteiger partial charge in [0.2, 0.25) is 5.28 Å². The molecule has 0 aromatic carbocycles. The number of aliphatic hydroxyl groups excluding tert-OH is 3. The van der Waals surface area contributed by atoms with Crippen LogP contribution in [-0.2, 0) is 4.74 Å². The molecule has 0 spiro atoms. The Labute approximate surface area is 198 Å². The van der Waals surface area contributed by atoms with Gasteiger partial charge >= 0.3 is 0 Å². The Morgan fingerprint density at radius 2 is 1.97 bits per heavy atom. The molecule has 5 rings (SSSR count). The molecule has 2 aliphatic rings. The average molecular weight is 494 g/mol. The maximum atomic E-state index is 10.4. The SMILES string of the molecule is OC[C@H]1O[C@@H](n2cnc3c(NN4CCC(Sc5ccccn5)CC4)nc(Cl)nc32)C(O)C1O. The molecule has 2 saturated heterocycles. The third-order valence-corrected chi connectivity index (χ3v) is 7.27. The first-order chi connectivity index (χ1) is 16.0. The number of anilines is 1. The van der Waals surface area contributed by atoms with E-state index in [0.29, 0.717) is 22.2 Å². The predicted molar refractivity (Wildman–Crippen MR) is 122 cm³/mol. The lowest BCUT2D eigenvalue weighted by molar-refractivity contribution is -0.0511. The van der Waals surface area contributed by atoms with E-state index in [0.717, 1.165) is 31.0 Å². The van der Waals surface area contributed by atoms with Crippen LogP contribution in [0.5, 0.6) is 0 Å². The molecule has 13 heteroatoms. The number of nitrogens with one attached hydrogen (secondary N) is 1. The Kier molecular flexibility index (Phi) is 6.65. The van der Waals surface area contributed by atoms with Gasteiger partial charge in [-0.25, -0.2) is 15.0 Å². The zero-order chi connectivity index (χ0) is 22.9. The van der Waals surface area contributed by atoms with E-state index in [1.165, 1.54) is 10.9 Å². The number of ether oxygens (including phenoxy) is 1. The van der Waals surface area contributed by atoms with Gasteiger partial charge in [-0.1, -0.05) is 6.07 Å². The minimum Gasteiger partial charge on any atom is -0.394 e. The molecule has 0 amide bonds. The summed E-state index contributed by atoms with van der Waals surface area (Å²) in [6.45, 7) is 1.20. The average Bonchev–Trinajstić information content (AvgIpc) is 3.36. The van der Waals surface area contributed by atoms with E-state index in [4.69, 9.17) is 16.3 Å². The van der Waals surface area contributed by atoms with Crippen molar-refractivity contribution < 1.29 is 20.1 Å². The highest BCUT2D eigenvalue weighted by Gasteiger charge is 2.44. The van der Waals surface area contributed by atoms with Crippen molar-refractivity contribution in [2.24, 2.45) is 0 Å². The van der Waals surface area contributed by atoms with Crippen molar-refractivity contribution in [2.75, 3.05) is 25.1 Å². The lowest BCUT2D eigenvalue weighted by Gasteiger charge is -2.31. The minimum absolute atomic E-state index is 0.0130. The molecule has 0 aliphatic carbocycles. The molecule has 11 nitrogen and oxygen atoms in total. The molecule has 2 aliphatic heterocycles. The first kappa shape index (κ1) is 22.7. The molecular formula is C20H24ClN7O4S. The number of hydrogen-bond donors (Lipinski definition) is 4. The Balaban J connectivity index is 1.30. The van der Waals surface area contributed by atoms with E-state index in [9.17, 15) is 15.3 Å². The molecule has 2 unspecified atom stereocenters. The number of piperidine rings is 1. The van der Waals surface area contributed by atoms with Gasteiger partial charge in [-0.15, -0.1) is 11.8 Å². The molecule has 0 bridgehead atoms. The lowest BCUT2D eigenvalue weighted by Crippen LogP contribution is -2.39. The number of pyridine rings is 1. The molecule has 4 atom stereocenters. The van der Waals surface area contributed by atoms with E-state index in [1.807, 2.05) is 24.4 Å². The van der Waals surface area contributed by atoms with Crippen molar-refractivity contribution in [3.63, 3.8) is 0 Å². The van der Waals surface area contributed by atoms with Crippen LogP contribution in [0.1, 0.15) is 19.1 Å². The zero-order valence-corrected chi connectivity index (χ0v) is 19.1. The quantitative estimate of drug-likeness (QED) is 0.366. The van der Waals surface area contributed by atoms with Crippen LogP contribution in [0.15, 0.2) is 35.7 Å². The number of aromatic nitrogens is 5. The van der Waals surface area contributed by atoms with E-state index in [-0.39, 0.29) is 5.28 Å². The second-order valence-corrected chi connectivity index (χ2v) is 9.64. The van der Waals surface area contributed by atoms with Gasteiger partial charge in [0.05, 0.1) is 18.0 Å². The van der Waals surface area contributed by atoms with Crippen molar-refractivity contribution in [2.45, 2.75) is 47.7 Å². The van der Waals surface area contributed by atoms with Gasteiger partial charge in [0.25, 0.3) is 0 Å². The molecule has 33 heavy (non-hydrogen) atoms. The monoisotopic (exact) mass is 493 g/mol. The molecule has 2 fully saturated rings. The molecule has 176 valence electrons. The molecule has 0 radical (unpaired) electrons. The highest BCUT2D eigenvalue weighted by Crippen LogP contribution is 2.33. The number of rotatable bonds is 6. The Morgan fingerprint density at radius 1 is 1.15 bits per heavy atom. The number of imidazole rings is 1. The first-order valence-corrected chi connectivity index (χ1v) is 11.9. The standard InChI is InChI=1S/C20H24ClN7O4S/c21-20-24-17(26-27-7-4-11(5-8-27)33-13-3-1-2-6-22-13)14-18(25-20)28(10-23-14)19-16(31)15(30)12(9-29)32-19/h1-3,6,10-12,15-16,19,29-31H,4-5,7-9H2,(H,24,25,26)/t12-,15?,16?,19-/m1/s1. The van der Waals surface area contributed by atoms with Gasteiger partial charge in [-0.3, -0.25) is 4.57 Å². The van der Waals surface area contributed by atoms with Crippen LogP contribution in [0.4, 0.5) is 5.82 Å². The Hall–Kier alpha value is -2.06. The summed E-state index contributed by atoms with van der Waals surface area (Å²) in [5.74, 6) is 0.450. The van der Waals surface area contributed by atoms with Crippen LogP contribution in [-0.4, -0.2) is 88.1 Å². The third-order valence-electron chi connectivity index (χ3n) is 5.82. The van der Waals surface area contributed by atoms with Gasteiger partial charge in [0.15, 0.2) is 23.2 Å². The summed E-state index contributed by atoms with van der Waals surface area (Å²) in [5.41, 5.74) is 4.11. The summed E-state index contributed by atoms with van der Waals surface area (Å²) < 4.78 is 7.10. The number of hydrogen-bond acceptors (Lipinski definition) is 11. The van der Waals surface area contributed by atoms with Crippen LogP contribution in [0.3, 0.4) is 0 Å². The van der Waals surface area contributed by atoms with E-state index >= 15 is 0 Å². The number of nitrogens with zero attached hydrogens (tertiary/aromatic N) is 6. The maximum Gasteiger partial charge on any atom is 0.226 e. The molecule has 5 heterocycles. The molecular weight excluding hydrogens is 470 g/mol. The Morgan fingerprint density at radius 3 is 2.67 bits per heavy atom. The topological polar surface area (TPSA) is 142 Å². The van der Waals surface area contributed by atoms with Gasteiger partial charge < -0.3 is 25.5 Å². The molecule has 3 aromatic rings. The first-order valence-electron chi connectivity index (χ1n) is 10.7. The van der Waals surface area contributed by atoms with Crippen molar-refractivity contribution in [3.8, 4) is 0 Å². The summed E-state index contributed by atoms with van der Waals surface area (Å²) in [4.78, 5) is 17.3. The van der Waals surface area contributed by atoms with Crippen LogP contribution in [0.25, 0.3) is 11.2 Å². The number of aliphatic hydroxyl groups is 3. The van der Waals surface area contributed by atoms with Gasteiger partial charge in [-0.2, -0.15) is 9.97 Å². The zero-order valence-electron chi connectivity index (χ0n) is 17.5. The number of hydrazine groups is 1. The van der Waals surface area contributed by atoms with E-state index in [1.54, 1.807) is 11.8 Å². The highest BCUT2D eigenvalue weighted by molar-refractivity contribution is 7.99. The Bertz CT molecular complexity index is 1100. The van der Waals surface area contributed by atoms with Gasteiger partial charge in [0, 0.05) is 24.5 Å². The summed E-state index contributed by atoms with van der Waals surface area (Å²) in [5, 5.41) is 33.4. The fourth-order valence-electron chi connectivity index (χ4n) is 4.09. The van der Waals surface area contributed by atoms with E-state index < -0.39 is 31.1 Å². The van der Waals surface area contributed by atoms with Crippen LogP contribution < -0.4 is 5.43 Å². The highest BCUT2D eigenvalue weighted by atomic mass is 35.5. The largest absolute Gasteiger partial charge is 0.394 e. The molecule has 3 aromatic heterocycles. The van der Waals surface area contributed by atoms with Crippen molar-refractivity contribution in [3.05, 3.63) is 36.0 Å². The second kappa shape index (κ2) is 9.66. The van der Waals surface area contributed by atoms with Crippen LogP contribution in [0.2, 0.25) is 5.28 Å². The second-order valence-electron chi connectivity index (χ2n) is 7.98. The number of halogens is 1.